The largest absolute Gasteiger partial charge is 0.342 e. The van der Waals surface area contributed by atoms with Crippen molar-refractivity contribution in [3.8, 4) is 0 Å². The first-order chi connectivity index (χ1) is 11.9. The smallest absolute Gasteiger partial charge is 0.244 e. The first-order valence-corrected chi connectivity index (χ1v) is 10.9. The maximum Gasteiger partial charge on any atom is 0.244 e. The normalized spacial score (nSPS) is 20.2. The number of carbonyl (C=O) groups is 1. The van der Waals surface area contributed by atoms with Gasteiger partial charge in [0.2, 0.25) is 15.9 Å². The Kier molecular flexibility index (Phi) is 6.05. The Morgan fingerprint density at radius 1 is 1.08 bits per heavy atom. The molecule has 2 heterocycles. The maximum atomic E-state index is 12.8. The molecule has 1 aromatic carbocycles. The van der Waals surface area contributed by atoms with E-state index in [9.17, 15) is 13.2 Å². The molecule has 2 aliphatic heterocycles. The second kappa shape index (κ2) is 7.92. The quantitative estimate of drug-likeness (QED) is 0.704. The minimum absolute atomic E-state index is 0.124. The number of amides is 1. The number of nitrogens with zero attached hydrogens (tertiary/aromatic N) is 3. The van der Waals surface area contributed by atoms with Crippen molar-refractivity contribution in [3.63, 3.8) is 0 Å². The standard InChI is InChI=1S/C16H21BrClN3O3S/c17-13-3-4-15(14(18)11-13)25(23,24)21-9-7-19(8-10-21)12-16(22)20-5-1-2-6-20/h3-4,11H,1-2,5-10,12H2. The minimum atomic E-state index is -3.62. The van der Waals surface area contributed by atoms with E-state index in [1.807, 2.05) is 9.80 Å². The van der Waals surface area contributed by atoms with Crippen molar-refractivity contribution in [2.24, 2.45) is 0 Å². The van der Waals surface area contributed by atoms with Gasteiger partial charge in [-0.25, -0.2) is 8.42 Å². The molecule has 1 aromatic rings. The number of carbonyl (C=O) groups excluding carboxylic acids is 1. The van der Waals surface area contributed by atoms with Crippen LogP contribution in [0.3, 0.4) is 0 Å². The predicted octanol–water partition coefficient (Wildman–Crippen LogP) is 2.03. The van der Waals surface area contributed by atoms with Crippen molar-refractivity contribution < 1.29 is 13.2 Å². The molecule has 0 unspecified atom stereocenters. The van der Waals surface area contributed by atoms with Gasteiger partial charge < -0.3 is 4.90 Å². The van der Waals surface area contributed by atoms with Crippen molar-refractivity contribution in [2.45, 2.75) is 17.7 Å². The van der Waals surface area contributed by atoms with Crippen LogP contribution >= 0.6 is 27.5 Å². The van der Waals surface area contributed by atoms with Gasteiger partial charge in [0.25, 0.3) is 0 Å². The van der Waals surface area contributed by atoms with Crippen LogP contribution in [0.15, 0.2) is 27.6 Å². The molecule has 0 atom stereocenters. The molecule has 1 amide bonds. The predicted molar refractivity (Wildman–Crippen MR) is 100 cm³/mol. The Hall–Kier alpha value is -0.670. The lowest BCUT2D eigenvalue weighted by molar-refractivity contribution is -0.131. The highest BCUT2D eigenvalue weighted by molar-refractivity contribution is 9.10. The number of hydrogen-bond donors (Lipinski definition) is 0. The second-order valence-electron chi connectivity index (χ2n) is 6.34. The fourth-order valence-corrected chi connectivity index (χ4v) is 5.64. The van der Waals surface area contributed by atoms with E-state index in [0.717, 1.165) is 30.4 Å². The molecule has 138 valence electrons. The molecular weight excluding hydrogens is 430 g/mol. The molecule has 0 N–H and O–H groups in total. The third-order valence-corrected chi connectivity index (χ3v) is 7.54. The van der Waals surface area contributed by atoms with Gasteiger partial charge in [0.05, 0.1) is 11.6 Å². The Labute approximate surface area is 161 Å². The second-order valence-corrected chi connectivity index (χ2v) is 9.57. The number of sulfonamides is 1. The van der Waals surface area contributed by atoms with Gasteiger partial charge >= 0.3 is 0 Å². The molecule has 2 fully saturated rings. The molecular formula is C16H21BrClN3O3S. The molecule has 0 bridgehead atoms. The first kappa shape index (κ1) is 19.1. The summed E-state index contributed by atoms with van der Waals surface area (Å²) in [5.41, 5.74) is 0. The third kappa shape index (κ3) is 4.36. The fourth-order valence-electron chi connectivity index (χ4n) is 3.21. The highest BCUT2D eigenvalue weighted by Gasteiger charge is 2.31. The number of piperazine rings is 1. The van der Waals surface area contributed by atoms with Crippen LogP contribution in [-0.4, -0.2) is 74.2 Å². The summed E-state index contributed by atoms with van der Waals surface area (Å²) in [5, 5.41) is 0.209. The first-order valence-electron chi connectivity index (χ1n) is 8.33. The molecule has 0 aromatic heterocycles. The molecule has 2 aliphatic rings. The van der Waals surface area contributed by atoms with Crippen molar-refractivity contribution in [1.29, 1.82) is 0 Å². The fraction of sp³-hybridized carbons (Fsp3) is 0.562. The number of hydrogen-bond acceptors (Lipinski definition) is 4. The van der Waals surface area contributed by atoms with Crippen molar-refractivity contribution in [1.82, 2.24) is 14.1 Å². The highest BCUT2D eigenvalue weighted by Crippen LogP contribution is 2.28. The average molecular weight is 451 g/mol. The molecule has 0 saturated carbocycles. The van der Waals surface area contributed by atoms with Gasteiger partial charge in [0.1, 0.15) is 4.90 Å². The molecule has 6 nitrogen and oxygen atoms in total. The summed E-state index contributed by atoms with van der Waals surface area (Å²) in [6.45, 7) is 3.88. The Morgan fingerprint density at radius 2 is 1.72 bits per heavy atom. The van der Waals surface area contributed by atoms with E-state index in [1.54, 1.807) is 12.1 Å². The van der Waals surface area contributed by atoms with Crippen LogP contribution in [0.2, 0.25) is 5.02 Å². The molecule has 0 spiro atoms. The summed E-state index contributed by atoms with van der Waals surface area (Å²) < 4.78 is 27.8. The summed E-state index contributed by atoms with van der Waals surface area (Å²) in [7, 11) is -3.62. The van der Waals surface area contributed by atoms with Gasteiger partial charge in [0, 0.05) is 43.7 Å². The molecule has 2 saturated heterocycles. The summed E-state index contributed by atoms with van der Waals surface area (Å²) in [5.74, 6) is 0.143. The van der Waals surface area contributed by atoms with Gasteiger partial charge in [-0.3, -0.25) is 9.69 Å². The lowest BCUT2D eigenvalue weighted by Gasteiger charge is -2.34. The van der Waals surface area contributed by atoms with Crippen LogP contribution in [0.1, 0.15) is 12.8 Å². The lowest BCUT2D eigenvalue weighted by atomic mass is 10.3. The van der Waals surface area contributed by atoms with Crippen LogP contribution in [0.4, 0.5) is 0 Å². The van der Waals surface area contributed by atoms with Gasteiger partial charge in [-0.15, -0.1) is 0 Å². The van der Waals surface area contributed by atoms with Crippen LogP contribution in [0.5, 0.6) is 0 Å². The Balaban J connectivity index is 1.60. The summed E-state index contributed by atoms with van der Waals surface area (Å²) in [4.78, 5) is 16.3. The maximum absolute atomic E-state index is 12.8. The average Bonchev–Trinajstić information content (AvgIpc) is 3.09. The number of likely N-dealkylation sites (tertiary alicyclic amines) is 1. The van der Waals surface area contributed by atoms with Gasteiger partial charge in [-0.05, 0) is 31.0 Å². The van der Waals surface area contributed by atoms with E-state index < -0.39 is 10.0 Å². The van der Waals surface area contributed by atoms with Gasteiger partial charge in [0.15, 0.2) is 0 Å². The monoisotopic (exact) mass is 449 g/mol. The van der Waals surface area contributed by atoms with Crippen molar-refractivity contribution >= 4 is 43.5 Å². The summed E-state index contributed by atoms with van der Waals surface area (Å²) in [6, 6.07) is 4.77. The van der Waals surface area contributed by atoms with Gasteiger partial charge in [-0.1, -0.05) is 27.5 Å². The van der Waals surface area contributed by atoms with E-state index in [4.69, 9.17) is 11.6 Å². The van der Waals surface area contributed by atoms with E-state index in [2.05, 4.69) is 15.9 Å². The molecule has 0 radical (unpaired) electrons. The summed E-state index contributed by atoms with van der Waals surface area (Å²) in [6.07, 6.45) is 2.15. The van der Waals surface area contributed by atoms with Gasteiger partial charge in [-0.2, -0.15) is 4.31 Å². The van der Waals surface area contributed by atoms with Crippen molar-refractivity contribution in [2.75, 3.05) is 45.8 Å². The molecule has 3 rings (SSSR count). The summed E-state index contributed by atoms with van der Waals surface area (Å²) >= 11 is 9.39. The van der Waals surface area contributed by atoms with Crippen LogP contribution in [0.25, 0.3) is 0 Å². The topological polar surface area (TPSA) is 60.9 Å². The highest BCUT2D eigenvalue weighted by atomic mass is 79.9. The zero-order valence-electron chi connectivity index (χ0n) is 13.8. The SMILES string of the molecule is O=C(CN1CCN(S(=O)(=O)c2ccc(Br)cc2Cl)CC1)N1CCCC1. The van der Waals surface area contributed by atoms with Crippen LogP contribution < -0.4 is 0 Å². The van der Waals surface area contributed by atoms with Crippen molar-refractivity contribution in [3.05, 3.63) is 27.7 Å². The van der Waals surface area contributed by atoms with E-state index >= 15 is 0 Å². The van der Waals surface area contributed by atoms with E-state index in [1.165, 1.54) is 10.4 Å². The molecule has 0 aliphatic carbocycles. The molecule has 25 heavy (non-hydrogen) atoms. The molecule has 9 heteroatoms. The minimum Gasteiger partial charge on any atom is -0.342 e. The number of rotatable bonds is 4. The van der Waals surface area contributed by atoms with E-state index in [0.29, 0.717) is 32.7 Å². The Bertz CT molecular complexity index is 745. The Morgan fingerprint density at radius 3 is 2.32 bits per heavy atom. The zero-order valence-corrected chi connectivity index (χ0v) is 17.0. The zero-order chi connectivity index (χ0) is 18.0. The number of halogens is 2. The number of benzene rings is 1. The van der Waals surface area contributed by atoms with Crippen LogP contribution in [-0.2, 0) is 14.8 Å². The lowest BCUT2D eigenvalue weighted by Crippen LogP contribution is -2.51. The van der Waals surface area contributed by atoms with E-state index in [-0.39, 0.29) is 15.8 Å². The van der Waals surface area contributed by atoms with Crippen LogP contribution in [0, 0.1) is 0 Å². The third-order valence-electron chi connectivity index (χ3n) is 4.66.